The van der Waals surface area contributed by atoms with Gasteiger partial charge in [0.15, 0.2) is 5.69 Å². The van der Waals surface area contributed by atoms with Crippen LogP contribution >= 0.6 is 11.6 Å². The molecule has 3 aromatic rings. The molecule has 1 N–H and O–H groups in total. The quantitative estimate of drug-likeness (QED) is 0.659. The molecular weight excluding hydrogens is 391 g/mol. The van der Waals surface area contributed by atoms with Crippen LogP contribution in [-0.2, 0) is 0 Å². The SMILES string of the molecule is O=C(NCC(c1cccc(Cl)c1)N1CCCC1)c1ccn(-c2cccc(F)c2)n1. The van der Waals surface area contributed by atoms with Crippen molar-refractivity contribution in [1.29, 1.82) is 0 Å². The highest BCUT2D eigenvalue weighted by Gasteiger charge is 2.24. The summed E-state index contributed by atoms with van der Waals surface area (Å²) in [4.78, 5) is 15.0. The van der Waals surface area contributed by atoms with Crippen LogP contribution in [0, 0.1) is 5.82 Å². The van der Waals surface area contributed by atoms with E-state index in [9.17, 15) is 9.18 Å². The fourth-order valence-corrected chi connectivity index (χ4v) is 3.91. The van der Waals surface area contributed by atoms with Crippen LogP contribution < -0.4 is 5.32 Å². The molecule has 0 spiro atoms. The number of amides is 1. The van der Waals surface area contributed by atoms with Crippen molar-refractivity contribution in [3.05, 3.63) is 82.9 Å². The van der Waals surface area contributed by atoms with Gasteiger partial charge in [-0.1, -0.05) is 29.8 Å². The number of benzene rings is 2. The van der Waals surface area contributed by atoms with Gasteiger partial charge in [0, 0.05) is 17.8 Å². The lowest BCUT2D eigenvalue weighted by Crippen LogP contribution is -2.37. The first kappa shape index (κ1) is 19.6. The molecule has 1 aliphatic rings. The van der Waals surface area contributed by atoms with Crippen molar-refractivity contribution in [3.8, 4) is 5.69 Å². The van der Waals surface area contributed by atoms with Gasteiger partial charge in [-0.15, -0.1) is 0 Å². The number of hydrogen-bond acceptors (Lipinski definition) is 3. The molecule has 1 amide bonds. The van der Waals surface area contributed by atoms with Gasteiger partial charge in [0.25, 0.3) is 5.91 Å². The van der Waals surface area contributed by atoms with Crippen LogP contribution in [0.3, 0.4) is 0 Å². The number of hydrogen-bond donors (Lipinski definition) is 1. The van der Waals surface area contributed by atoms with E-state index in [0.29, 0.717) is 22.9 Å². The summed E-state index contributed by atoms with van der Waals surface area (Å²) >= 11 is 6.18. The highest BCUT2D eigenvalue weighted by atomic mass is 35.5. The lowest BCUT2D eigenvalue weighted by molar-refractivity contribution is 0.0932. The van der Waals surface area contributed by atoms with Gasteiger partial charge in [0.2, 0.25) is 0 Å². The van der Waals surface area contributed by atoms with Crippen LogP contribution in [0.15, 0.2) is 60.8 Å². The Bertz CT molecular complexity index is 1000. The van der Waals surface area contributed by atoms with Crippen LogP contribution in [0.4, 0.5) is 4.39 Å². The Morgan fingerprint density at radius 1 is 1.14 bits per heavy atom. The van der Waals surface area contributed by atoms with Gasteiger partial charge >= 0.3 is 0 Å². The maximum atomic E-state index is 13.4. The molecule has 1 saturated heterocycles. The summed E-state index contributed by atoms with van der Waals surface area (Å²) in [6.45, 7) is 2.47. The maximum absolute atomic E-state index is 13.4. The molecule has 1 atom stereocenters. The first-order valence-corrected chi connectivity index (χ1v) is 10.1. The summed E-state index contributed by atoms with van der Waals surface area (Å²) in [5.74, 6) is -0.606. The number of aromatic nitrogens is 2. The van der Waals surface area contributed by atoms with E-state index < -0.39 is 0 Å². The molecule has 4 rings (SSSR count). The minimum atomic E-state index is -0.348. The van der Waals surface area contributed by atoms with Gasteiger partial charge in [-0.05, 0) is 67.9 Å². The van der Waals surface area contributed by atoms with Gasteiger partial charge < -0.3 is 5.32 Å². The summed E-state index contributed by atoms with van der Waals surface area (Å²) in [7, 11) is 0. The second kappa shape index (κ2) is 8.76. The number of nitrogens with zero attached hydrogens (tertiary/aromatic N) is 3. The molecule has 2 aromatic carbocycles. The first-order chi connectivity index (χ1) is 14.1. The van der Waals surface area contributed by atoms with E-state index in [4.69, 9.17) is 11.6 Å². The van der Waals surface area contributed by atoms with E-state index in [-0.39, 0.29) is 17.8 Å². The maximum Gasteiger partial charge on any atom is 0.271 e. The van der Waals surface area contributed by atoms with Crippen molar-refractivity contribution in [3.63, 3.8) is 0 Å². The molecule has 1 fully saturated rings. The van der Waals surface area contributed by atoms with E-state index >= 15 is 0 Å². The Balaban J connectivity index is 1.47. The summed E-state index contributed by atoms with van der Waals surface area (Å²) in [6, 6.07) is 15.6. The zero-order chi connectivity index (χ0) is 20.2. The van der Waals surface area contributed by atoms with Crippen molar-refractivity contribution in [2.75, 3.05) is 19.6 Å². The largest absolute Gasteiger partial charge is 0.349 e. The Morgan fingerprint density at radius 2 is 1.93 bits per heavy atom. The molecule has 1 aliphatic heterocycles. The number of halogens is 2. The Hall–Kier alpha value is -2.70. The minimum absolute atomic E-state index is 0.0606. The van der Waals surface area contributed by atoms with E-state index in [2.05, 4.69) is 15.3 Å². The van der Waals surface area contributed by atoms with Crippen molar-refractivity contribution in [1.82, 2.24) is 20.0 Å². The van der Waals surface area contributed by atoms with Gasteiger partial charge in [-0.3, -0.25) is 9.69 Å². The lowest BCUT2D eigenvalue weighted by atomic mass is 10.1. The molecule has 1 aromatic heterocycles. The number of likely N-dealkylation sites (tertiary alicyclic amines) is 1. The predicted molar refractivity (Wildman–Crippen MR) is 111 cm³/mol. The molecule has 0 saturated carbocycles. The molecule has 1 unspecified atom stereocenters. The highest BCUT2D eigenvalue weighted by molar-refractivity contribution is 6.30. The molecule has 5 nitrogen and oxygen atoms in total. The Kier molecular flexibility index (Phi) is 5.92. The topological polar surface area (TPSA) is 50.2 Å². The van der Waals surface area contributed by atoms with Crippen LogP contribution in [0.2, 0.25) is 5.02 Å². The predicted octanol–water partition coefficient (Wildman–Crippen LogP) is 4.23. The number of carbonyl (C=O) groups is 1. The standard InChI is InChI=1S/C22H22ClFN4O/c23-17-6-3-5-16(13-17)21(27-10-1-2-11-27)15-25-22(29)20-9-12-28(26-20)19-8-4-7-18(24)14-19/h3-9,12-14,21H,1-2,10-11,15H2,(H,25,29). The van der Waals surface area contributed by atoms with Gasteiger partial charge in [0.05, 0.1) is 11.7 Å². The van der Waals surface area contributed by atoms with E-state index in [1.165, 1.54) is 16.8 Å². The summed E-state index contributed by atoms with van der Waals surface area (Å²) in [5, 5.41) is 7.97. The second-order valence-corrected chi connectivity index (χ2v) is 7.59. The normalized spacial score (nSPS) is 15.4. The lowest BCUT2D eigenvalue weighted by Gasteiger charge is -2.28. The average molecular weight is 413 g/mol. The molecule has 2 heterocycles. The Morgan fingerprint density at radius 3 is 2.69 bits per heavy atom. The van der Waals surface area contributed by atoms with Crippen molar-refractivity contribution < 1.29 is 9.18 Å². The van der Waals surface area contributed by atoms with Crippen LogP contribution in [0.25, 0.3) is 5.69 Å². The molecule has 0 bridgehead atoms. The molecule has 29 heavy (non-hydrogen) atoms. The fourth-order valence-electron chi connectivity index (χ4n) is 3.71. The third-order valence-electron chi connectivity index (χ3n) is 5.17. The van der Waals surface area contributed by atoms with E-state index in [0.717, 1.165) is 31.5 Å². The number of rotatable bonds is 6. The van der Waals surface area contributed by atoms with Gasteiger partial charge in [0.1, 0.15) is 5.82 Å². The first-order valence-electron chi connectivity index (χ1n) is 9.69. The van der Waals surface area contributed by atoms with Crippen LogP contribution in [-0.4, -0.2) is 40.2 Å². The molecule has 7 heteroatoms. The summed E-state index contributed by atoms with van der Waals surface area (Å²) < 4.78 is 14.9. The van der Waals surface area contributed by atoms with E-state index in [1.54, 1.807) is 24.4 Å². The highest BCUT2D eigenvalue weighted by Crippen LogP contribution is 2.26. The third kappa shape index (κ3) is 4.66. The number of carbonyl (C=O) groups excluding carboxylic acids is 1. The van der Waals surface area contributed by atoms with Crippen molar-refractivity contribution >= 4 is 17.5 Å². The second-order valence-electron chi connectivity index (χ2n) is 7.15. The zero-order valence-electron chi connectivity index (χ0n) is 15.9. The minimum Gasteiger partial charge on any atom is -0.349 e. The van der Waals surface area contributed by atoms with Gasteiger partial charge in [-0.25, -0.2) is 9.07 Å². The molecule has 150 valence electrons. The number of nitrogens with one attached hydrogen (secondary N) is 1. The third-order valence-corrected chi connectivity index (χ3v) is 5.40. The monoisotopic (exact) mass is 412 g/mol. The van der Waals surface area contributed by atoms with Gasteiger partial charge in [-0.2, -0.15) is 5.10 Å². The van der Waals surface area contributed by atoms with E-state index in [1.807, 2.05) is 24.3 Å². The molecule has 0 radical (unpaired) electrons. The molecule has 0 aliphatic carbocycles. The fraction of sp³-hybridized carbons (Fsp3) is 0.273. The summed E-state index contributed by atoms with van der Waals surface area (Å²) in [6.07, 6.45) is 3.96. The zero-order valence-corrected chi connectivity index (χ0v) is 16.6. The van der Waals surface area contributed by atoms with Crippen LogP contribution in [0.1, 0.15) is 34.9 Å². The Labute approximate surface area is 174 Å². The average Bonchev–Trinajstić information content (AvgIpc) is 3.41. The van der Waals surface area contributed by atoms with Crippen molar-refractivity contribution in [2.45, 2.75) is 18.9 Å². The molecular formula is C22H22ClFN4O. The van der Waals surface area contributed by atoms with Crippen LogP contribution in [0.5, 0.6) is 0 Å². The smallest absolute Gasteiger partial charge is 0.271 e. The summed E-state index contributed by atoms with van der Waals surface area (Å²) in [5.41, 5.74) is 1.95. The van der Waals surface area contributed by atoms with Crippen molar-refractivity contribution in [2.24, 2.45) is 0 Å².